The summed E-state index contributed by atoms with van der Waals surface area (Å²) in [5, 5.41) is 2.90. The predicted octanol–water partition coefficient (Wildman–Crippen LogP) is 4.03. The van der Waals surface area contributed by atoms with Gasteiger partial charge in [0.25, 0.3) is 0 Å². The lowest BCUT2D eigenvalue weighted by atomic mass is 10.1. The monoisotopic (exact) mass is 384 g/mol. The summed E-state index contributed by atoms with van der Waals surface area (Å²) in [4.78, 5) is 28.1. The molecule has 1 atom stereocenters. The van der Waals surface area contributed by atoms with Gasteiger partial charge in [-0.25, -0.2) is 0 Å². The van der Waals surface area contributed by atoms with Gasteiger partial charge in [-0.1, -0.05) is 55.0 Å². The number of nitrogens with one attached hydrogen (secondary N) is 1. The minimum atomic E-state index is -0.513. The van der Waals surface area contributed by atoms with E-state index in [4.69, 9.17) is 0 Å². The second-order valence-electron chi connectivity index (χ2n) is 6.58. The molecular formula is C22H28N2O2S. The van der Waals surface area contributed by atoms with Crippen LogP contribution < -0.4 is 5.32 Å². The molecule has 0 radical (unpaired) electrons. The van der Waals surface area contributed by atoms with Gasteiger partial charge in [-0.2, -0.15) is 0 Å². The van der Waals surface area contributed by atoms with Crippen LogP contribution in [0.3, 0.4) is 0 Å². The Labute approximate surface area is 166 Å². The van der Waals surface area contributed by atoms with Crippen LogP contribution in [-0.2, 0) is 16.1 Å². The highest BCUT2D eigenvalue weighted by atomic mass is 32.2. The minimum absolute atomic E-state index is 0.0375. The van der Waals surface area contributed by atoms with Crippen LogP contribution in [0.25, 0.3) is 0 Å². The average molecular weight is 385 g/mol. The van der Waals surface area contributed by atoms with E-state index in [0.717, 1.165) is 22.4 Å². The second kappa shape index (κ2) is 10.8. The summed E-state index contributed by atoms with van der Waals surface area (Å²) < 4.78 is 0. The quantitative estimate of drug-likeness (QED) is 0.664. The van der Waals surface area contributed by atoms with Crippen LogP contribution in [-0.4, -0.2) is 35.1 Å². The van der Waals surface area contributed by atoms with E-state index >= 15 is 0 Å². The lowest BCUT2D eigenvalue weighted by Crippen LogP contribution is -2.48. The molecule has 5 heteroatoms. The van der Waals surface area contributed by atoms with Crippen molar-refractivity contribution in [3.05, 3.63) is 65.7 Å². The molecule has 144 valence electrons. The van der Waals surface area contributed by atoms with Crippen molar-refractivity contribution in [1.29, 1.82) is 0 Å². The zero-order chi connectivity index (χ0) is 19.6. The first-order valence-electron chi connectivity index (χ1n) is 9.31. The molecule has 0 spiro atoms. The lowest BCUT2D eigenvalue weighted by molar-refractivity contribution is -0.138. The van der Waals surface area contributed by atoms with Gasteiger partial charge in [0.2, 0.25) is 11.8 Å². The van der Waals surface area contributed by atoms with Crippen molar-refractivity contribution in [1.82, 2.24) is 10.2 Å². The van der Waals surface area contributed by atoms with Crippen molar-refractivity contribution in [2.45, 2.75) is 44.7 Å². The maximum Gasteiger partial charge on any atom is 0.242 e. The number of carbonyl (C=O) groups excluding carboxylic acids is 2. The summed E-state index contributed by atoms with van der Waals surface area (Å²) in [6.45, 7) is 6.88. The topological polar surface area (TPSA) is 49.4 Å². The van der Waals surface area contributed by atoms with E-state index in [-0.39, 0.29) is 11.8 Å². The van der Waals surface area contributed by atoms with Gasteiger partial charge in [-0.15, -0.1) is 11.8 Å². The van der Waals surface area contributed by atoms with Crippen molar-refractivity contribution in [2.24, 2.45) is 0 Å². The Morgan fingerprint density at radius 2 is 1.85 bits per heavy atom. The van der Waals surface area contributed by atoms with Crippen molar-refractivity contribution < 1.29 is 9.59 Å². The van der Waals surface area contributed by atoms with E-state index in [1.807, 2.05) is 62.4 Å². The van der Waals surface area contributed by atoms with Crippen LogP contribution in [0.5, 0.6) is 0 Å². The SMILES string of the molecule is CCCNC(=O)C(C)N(Cc1cccc(C)c1)C(=O)CSc1ccccc1. The molecule has 0 aliphatic carbocycles. The molecule has 0 aliphatic rings. The third-order valence-electron chi connectivity index (χ3n) is 4.26. The van der Waals surface area contributed by atoms with Crippen LogP contribution >= 0.6 is 11.8 Å². The van der Waals surface area contributed by atoms with E-state index in [2.05, 4.69) is 11.4 Å². The molecule has 2 aromatic carbocycles. The average Bonchev–Trinajstić information content (AvgIpc) is 2.68. The molecule has 0 aromatic heterocycles. The molecule has 0 saturated heterocycles. The fourth-order valence-electron chi connectivity index (χ4n) is 2.73. The van der Waals surface area contributed by atoms with E-state index in [0.29, 0.717) is 18.8 Å². The molecular weight excluding hydrogens is 356 g/mol. The Kier molecular flexibility index (Phi) is 8.40. The van der Waals surface area contributed by atoms with Crippen molar-refractivity contribution >= 4 is 23.6 Å². The Balaban J connectivity index is 2.11. The molecule has 0 saturated carbocycles. The summed E-state index contributed by atoms with van der Waals surface area (Å²) in [6, 6.07) is 17.4. The number of thioether (sulfide) groups is 1. The van der Waals surface area contributed by atoms with Gasteiger partial charge < -0.3 is 10.2 Å². The maximum atomic E-state index is 13.0. The Morgan fingerprint density at radius 1 is 1.11 bits per heavy atom. The number of aryl methyl sites for hydroxylation is 1. The molecule has 2 aromatic rings. The van der Waals surface area contributed by atoms with Crippen LogP contribution in [0.2, 0.25) is 0 Å². The van der Waals surface area contributed by atoms with Gasteiger partial charge in [0.1, 0.15) is 6.04 Å². The number of carbonyl (C=O) groups is 2. The first kappa shape index (κ1) is 21.0. The van der Waals surface area contributed by atoms with Crippen LogP contribution in [0, 0.1) is 6.92 Å². The smallest absolute Gasteiger partial charge is 0.242 e. The number of amides is 2. The second-order valence-corrected chi connectivity index (χ2v) is 7.63. The van der Waals surface area contributed by atoms with Gasteiger partial charge in [0, 0.05) is 18.0 Å². The maximum absolute atomic E-state index is 13.0. The number of rotatable bonds is 9. The molecule has 0 heterocycles. The lowest BCUT2D eigenvalue weighted by Gasteiger charge is -2.29. The van der Waals surface area contributed by atoms with Crippen molar-refractivity contribution in [3.63, 3.8) is 0 Å². The third-order valence-corrected chi connectivity index (χ3v) is 5.25. The molecule has 27 heavy (non-hydrogen) atoms. The molecule has 2 rings (SSSR count). The van der Waals surface area contributed by atoms with Gasteiger partial charge in [-0.05, 0) is 38.0 Å². The zero-order valence-electron chi connectivity index (χ0n) is 16.3. The highest BCUT2D eigenvalue weighted by Crippen LogP contribution is 2.19. The summed E-state index contributed by atoms with van der Waals surface area (Å²) in [5.74, 6) is 0.161. The molecule has 0 bridgehead atoms. The third kappa shape index (κ3) is 6.75. The molecule has 0 fully saturated rings. The molecule has 1 N–H and O–H groups in total. The number of hydrogen-bond acceptors (Lipinski definition) is 3. The highest BCUT2D eigenvalue weighted by molar-refractivity contribution is 8.00. The normalized spacial score (nSPS) is 11.7. The first-order chi connectivity index (χ1) is 13.0. The van der Waals surface area contributed by atoms with Crippen LogP contribution in [0.15, 0.2) is 59.5 Å². The fourth-order valence-corrected chi connectivity index (χ4v) is 3.54. The number of hydrogen-bond donors (Lipinski definition) is 1. The molecule has 1 unspecified atom stereocenters. The molecule has 0 aliphatic heterocycles. The van der Waals surface area contributed by atoms with Gasteiger partial charge >= 0.3 is 0 Å². The van der Waals surface area contributed by atoms with Gasteiger partial charge in [0.15, 0.2) is 0 Å². The van der Waals surface area contributed by atoms with Crippen LogP contribution in [0.4, 0.5) is 0 Å². The largest absolute Gasteiger partial charge is 0.354 e. The van der Waals surface area contributed by atoms with Crippen molar-refractivity contribution in [3.8, 4) is 0 Å². The molecule has 2 amide bonds. The minimum Gasteiger partial charge on any atom is -0.354 e. The van der Waals surface area contributed by atoms with E-state index in [1.54, 1.807) is 11.8 Å². The fraction of sp³-hybridized carbons (Fsp3) is 0.364. The summed E-state index contributed by atoms with van der Waals surface area (Å²) in [7, 11) is 0. The zero-order valence-corrected chi connectivity index (χ0v) is 17.1. The molecule has 4 nitrogen and oxygen atoms in total. The highest BCUT2D eigenvalue weighted by Gasteiger charge is 2.25. The van der Waals surface area contributed by atoms with Crippen molar-refractivity contribution in [2.75, 3.05) is 12.3 Å². The summed E-state index contributed by atoms with van der Waals surface area (Å²) in [5.41, 5.74) is 2.17. The number of benzene rings is 2. The Bertz CT molecular complexity index is 749. The Morgan fingerprint density at radius 3 is 2.52 bits per heavy atom. The Hall–Kier alpha value is -2.27. The summed E-state index contributed by atoms with van der Waals surface area (Å²) >= 11 is 1.49. The summed E-state index contributed by atoms with van der Waals surface area (Å²) in [6.07, 6.45) is 0.869. The van der Waals surface area contributed by atoms with E-state index in [9.17, 15) is 9.59 Å². The van der Waals surface area contributed by atoms with Crippen LogP contribution in [0.1, 0.15) is 31.4 Å². The van der Waals surface area contributed by atoms with E-state index in [1.165, 1.54) is 11.8 Å². The number of nitrogens with zero attached hydrogens (tertiary/aromatic N) is 1. The standard InChI is InChI=1S/C22H28N2O2S/c1-4-13-23-22(26)18(3)24(15-19-10-8-9-17(2)14-19)21(25)16-27-20-11-6-5-7-12-20/h5-12,14,18H,4,13,15-16H2,1-3H3,(H,23,26). The predicted molar refractivity (Wildman–Crippen MR) is 112 cm³/mol. The van der Waals surface area contributed by atoms with Gasteiger partial charge in [0.05, 0.1) is 5.75 Å². The van der Waals surface area contributed by atoms with E-state index < -0.39 is 6.04 Å². The van der Waals surface area contributed by atoms with Gasteiger partial charge in [-0.3, -0.25) is 9.59 Å². The first-order valence-corrected chi connectivity index (χ1v) is 10.3.